The maximum absolute atomic E-state index is 5.18. The average molecular weight is 868 g/mol. The number of fused-ring (bicyclic) bond motifs is 6. The van der Waals surface area contributed by atoms with Crippen LogP contribution in [-0.2, 0) is 0 Å². The van der Waals surface area contributed by atoms with Crippen LogP contribution in [0.4, 0.5) is 17.2 Å². The predicted molar refractivity (Wildman–Crippen MR) is 276 cm³/mol. The van der Waals surface area contributed by atoms with Crippen molar-refractivity contribution in [2.45, 2.75) is 0 Å². The van der Waals surface area contributed by atoms with Crippen LogP contribution >= 0.6 is 11.3 Å². The van der Waals surface area contributed by atoms with Gasteiger partial charge in [-0.05, 0) is 84.0 Å². The van der Waals surface area contributed by atoms with Crippen molar-refractivity contribution in [3.05, 3.63) is 249 Å². The lowest BCUT2D eigenvalue weighted by molar-refractivity contribution is 1.19. The molecule has 0 radical (unpaired) electrons. The SMILES string of the molecule is c1ccc([Si](c2ccccc2)(c2cccc(-c3ccccn3)c2)c2ccc3c(c2)N(c2ccccn2)c2ccc4c(sc5ccccc54)c2[Si]3(c2ccccc2)c2ccccc2)cc1. The lowest BCUT2D eigenvalue weighted by Gasteiger charge is -2.45. The summed E-state index contributed by atoms with van der Waals surface area (Å²) in [6, 6.07) is 88.2. The molecule has 1 aliphatic rings. The number of pyridine rings is 2. The van der Waals surface area contributed by atoms with Crippen molar-refractivity contribution in [2.75, 3.05) is 4.90 Å². The van der Waals surface area contributed by atoms with E-state index in [4.69, 9.17) is 9.97 Å². The molecule has 0 fully saturated rings. The van der Waals surface area contributed by atoms with Gasteiger partial charge in [0.15, 0.2) is 16.1 Å². The van der Waals surface area contributed by atoms with Crippen LogP contribution in [0.5, 0.6) is 0 Å². The normalized spacial score (nSPS) is 13.1. The second kappa shape index (κ2) is 15.7. The average Bonchev–Trinajstić information content (AvgIpc) is 3.77. The van der Waals surface area contributed by atoms with E-state index < -0.39 is 16.1 Å². The summed E-state index contributed by atoms with van der Waals surface area (Å²) in [7, 11) is -6.18. The van der Waals surface area contributed by atoms with Gasteiger partial charge < -0.3 is 0 Å². The molecule has 0 bridgehead atoms. The molecule has 6 heteroatoms. The minimum Gasteiger partial charge on any atom is -0.295 e. The van der Waals surface area contributed by atoms with E-state index in [1.165, 1.54) is 73.0 Å². The molecule has 8 aromatic carbocycles. The van der Waals surface area contributed by atoms with Gasteiger partial charge in [0, 0.05) is 49.5 Å². The van der Waals surface area contributed by atoms with E-state index in [9.17, 15) is 0 Å². The van der Waals surface area contributed by atoms with Crippen LogP contribution < -0.4 is 46.4 Å². The molecule has 0 N–H and O–H groups in total. The molecule has 4 heterocycles. The van der Waals surface area contributed by atoms with Crippen LogP contribution in [-0.4, -0.2) is 26.1 Å². The van der Waals surface area contributed by atoms with Gasteiger partial charge in [-0.25, -0.2) is 4.98 Å². The first kappa shape index (κ1) is 38.2. The third-order valence-corrected chi connectivity index (χ3v) is 24.2. The Balaban J connectivity index is 1.25. The van der Waals surface area contributed by atoms with Crippen molar-refractivity contribution in [2.24, 2.45) is 0 Å². The summed E-state index contributed by atoms with van der Waals surface area (Å²) in [5.41, 5.74) is 4.43. The predicted octanol–water partition coefficient (Wildman–Crippen LogP) is 9.05. The van der Waals surface area contributed by atoms with Crippen molar-refractivity contribution in [1.29, 1.82) is 0 Å². The molecule has 11 aromatic rings. The highest BCUT2D eigenvalue weighted by Crippen LogP contribution is 2.43. The molecule has 3 aromatic heterocycles. The van der Waals surface area contributed by atoms with Crippen molar-refractivity contribution >= 4 is 106 Å². The highest BCUT2D eigenvalue weighted by Gasteiger charge is 2.52. The zero-order valence-electron chi connectivity index (χ0n) is 34.9. The molecule has 0 unspecified atom stereocenters. The van der Waals surface area contributed by atoms with Crippen LogP contribution in [0.2, 0.25) is 0 Å². The monoisotopic (exact) mass is 867 g/mol. The molecule has 302 valence electrons. The van der Waals surface area contributed by atoms with Crippen LogP contribution in [0, 0.1) is 0 Å². The van der Waals surface area contributed by atoms with Crippen LogP contribution in [0.25, 0.3) is 31.4 Å². The van der Waals surface area contributed by atoms with Crippen molar-refractivity contribution < 1.29 is 0 Å². The van der Waals surface area contributed by atoms with E-state index in [1.54, 1.807) is 0 Å². The third kappa shape index (κ3) is 5.84. The van der Waals surface area contributed by atoms with Crippen molar-refractivity contribution in [3.63, 3.8) is 0 Å². The summed E-state index contributed by atoms with van der Waals surface area (Å²) < 4.78 is 2.65. The summed E-state index contributed by atoms with van der Waals surface area (Å²) >= 11 is 1.93. The maximum Gasteiger partial charge on any atom is 0.185 e. The second-order valence-corrected chi connectivity index (χ2v) is 25.0. The topological polar surface area (TPSA) is 29.0 Å². The minimum atomic E-state index is -3.10. The van der Waals surface area contributed by atoms with E-state index in [0.29, 0.717) is 0 Å². The molecule has 0 atom stereocenters. The van der Waals surface area contributed by atoms with E-state index in [2.05, 4.69) is 229 Å². The Hall–Kier alpha value is -7.49. The first-order valence-corrected chi connectivity index (χ1v) is 26.6. The quantitative estimate of drug-likeness (QED) is 0.113. The van der Waals surface area contributed by atoms with Crippen LogP contribution in [0.3, 0.4) is 0 Å². The summed E-state index contributed by atoms with van der Waals surface area (Å²) in [6.45, 7) is 0. The highest BCUT2D eigenvalue weighted by molar-refractivity contribution is 7.31. The van der Waals surface area contributed by atoms with Gasteiger partial charge in [-0.2, -0.15) is 0 Å². The number of anilines is 3. The standard InChI is InChI=1S/C58H41N3SSi2/c1-5-21-43(22-6-1)63(44-23-7-2-8-24-44,47-29-19-20-42(40-47)51-31-15-17-38-59-51)48-34-37-55-53(41-48)61(56-33-16-18-39-60-56)52-36-35-50-49-30-13-14-32-54(49)62-57(50)58(52)64(55,45-25-9-3-10-26-45)46-27-11-4-12-28-46/h1-41H. The molecule has 0 amide bonds. The fraction of sp³-hybridized carbons (Fsp3) is 0. The summed E-state index contributed by atoms with van der Waals surface area (Å²) in [6.07, 6.45) is 3.82. The summed E-state index contributed by atoms with van der Waals surface area (Å²) in [5.74, 6) is 0.898. The first-order valence-electron chi connectivity index (χ1n) is 21.8. The van der Waals surface area contributed by atoms with Gasteiger partial charge in [-0.1, -0.05) is 194 Å². The van der Waals surface area contributed by atoms with Gasteiger partial charge in [0.05, 0.1) is 5.69 Å². The number of aromatic nitrogens is 2. The van der Waals surface area contributed by atoms with E-state index in [0.717, 1.165) is 17.1 Å². The number of hydrogen-bond acceptors (Lipinski definition) is 4. The first-order chi connectivity index (χ1) is 31.8. The Morgan fingerprint density at radius 3 is 1.67 bits per heavy atom. The van der Waals surface area contributed by atoms with Crippen LogP contribution in [0.1, 0.15) is 0 Å². The Morgan fingerprint density at radius 1 is 0.422 bits per heavy atom. The number of rotatable bonds is 8. The molecule has 0 spiro atoms. The van der Waals surface area contributed by atoms with Gasteiger partial charge in [0.25, 0.3) is 0 Å². The second-order valence-electron chi connectivity index (χ2n) is 16.4. The van der Waals surface area contributed by atoms with Crippen molar-refractivity contribution in [3.8, 4) is 11.3 Å². The smallest absolute Gasteiger partial charge is 0.185 e. The van der Waals surface area contributed by atoms with Crippen molar-refractivity contribution in [1.82, 2.24) is 9.97 Å². The summed E-state index contributed by atoms with van der Waals surface area (Å²) in [4.78, 5) is 12.5. The molecular weight excluding hydrogens is 827 g/mol. The Kier molecular flexibility index (Phi) is 9.37. The van der Waals surface area contributed by atoms with E-state index in [-0.39, 0.29) is 0 Å². The highest BCUT2D eigenvalue weighted by atomic mass is 32.1. The largest absolute Gasteiger partial charge is 0.295 e. The number of thiophene rings is 1. The van der Waals surface area contributed by atoms with Crippen LogP contribution in [0.15, 0.2) is 249 Å². The van der Waals surface area contributed by atoms with Gasteiger partial charge >= 0.3 is 0 Å². The minimum absolute atomic E-state index is 0.898. The fourth-order valence-electron chi connectivity index (χ4n) is 10.6. The van der Waals surface area contributed by atoms with Gasteiger partial charge in [-0.3, -0.25) is 9.88 Å². The zero-order chi connectivity index (χ0) is 42.5. The maximum atomic E-state index is 5.18. The third-order valence-electron chi connectivity index (χ3n) is 13.2. The molecule has 12 rings (SSSR count). The molecule has 0 saturated heterocycles. The number of benzene rings is 8. The lowest BCUT2D eigenvalue weighted by atomic mass is 10.1. The van der Waals surface area contributed by atoms with E-state index in [1.807, 2.05) is 35.9 Å². The number of nitrogens with zero attached hydrogens (tertiary/aromatic N) is 3. The van der Waals surface area contributed by atoms with Gasteiger partial charge in [0.2, 0.25) is 0 Å². The van der Waals surface area contributed by atoms with Gasteiger partial charge in [0.1, 0.15) is 5.82 Å². The van der Waals surface area contributed by atoms with Gasteiger partial charge in [-0.15, -0.1) is 11.3 Å². The Morgan fingerprint density at radius 2 is 1.02 bits per heavy atom. The summed E-state index contributed by atoms with van der Waals surface area (Å²) in [5, 5.41) is 13.3. The fourth-order valence-corrected chi connectivity index (χ4v) is 22.2. The Bertz CT molecular complexity index is 3360. The molecule has 64 heavy (non-hydrogen) atoms. The molecule has 3 nitrogen and oxygen atoms in total. The molecule has 0 saturated carbocycles. The molecular formula is C58H41N3SSi2. The Labute approximate surface area is 379 Å². The lowest BCUT2D eigenvalue weighted by Crippen LogP contribution is -2.78. The van der Waals surface area contributed by atoms with E-state index >= 15 is 0 Å². The zero-order valence-corrected chi connectivity index (χ0v) is 37.7. The number of hydrogen-bond donors (Lipinski definition) is 0. The molecule has 1 aliphatic heterocycles. The molecule has 0 aliphatic carbocycles.